The van der Waals surface area contributed by atoms with Crippen molar-refractivity contribution in [3.8, 4) is 11.8 Å². The normalized spacial score (nSPS) is 27.8. The molecule has 1 aliphatic carbocycles. The third-order valence-corrected chi connectivity index (χ3v) is 8.19. The maximum atomic E-state index is 13.7. The van der Waals surface area contributed by atoms with Gasteiger partial charge < -0.3 is 24.0 Å². The first-order valence-corrected chi connectivity index (χ1v) is 13.2. The first-order chi connectivity index (χ1) is 17.4. The Labute approximate surface area is 214 Å². The molecule has 36 heavy (non-hydrogen) atoms. The predicted molar refractivity (Wildman–Crippen MR) is 135 cm³/mol. The van der Waals surface area contributed by atoms with Crippen LogP contribution >= 0.6 is 0 Å². The number of para-hydroxylation sites is 1. The van der Waals surface area contributed by atoms with Crippen LogP contribution in [0.15, 0.2) is 18.2 Å². The van der Waals surface area contributed by atoms with Crippen molar-refractivity contribution in [2.24, 2.45) is 5.41 Å². The van der Waals surface area contributed by atoms with Gasteiger partial charge in [-0.15, -0.1) is 0 Å². The Hall–Kier alpha value is -2.63. The molecule has 0 aromatic heterocycles. The van der Waals surface area contributed by atoms with Crippen molar-refractivity contribution in [1.29, 1.82) is 5.26 Å². The number of rotatable bonds is 1. The van der Waals surface area contributed by atoms with Crippen molar-refractivity contribution in [2.45, 2.75) is 76.1 Å². The average molecular weight is 498 g/mol. The summed E-state index contributed by atoms with van der Waals surface area (Å²) in [5.74, 6) is 0.214. The third kappa shape index (κ3) is 5.84. The SMILES string of the molecule is CO[C@H]1CC[C@@H]2CCN(C)C(=O)CC3(CCCCC3)CN(C)C(=O)c3cccc(C#N)c3OC[C@@H]1O2. The summed E-state index contributed by atoms with van der Waals surface area (Å²) >= 11 is 0. The van der Waals surface area contributed by atoms with Crippen molar-refractivity contribution in [3.05, 3.63) is 29.3 Å². The molecule has 2 heterocycles. The molecular formula is C28H39N3O5. The van der Waals surface area contributed by atoms with Crippen LogP contribution in [-0.2, 0) is 14.3 Å². The highest BCUT2D eigenvalue weighted by molar-refractivity contribution is 5.97. The van der Waals surface area contributed by atoms with Gasteiger partial charge in [0.15, 0.2) is 0 Å². The Kier molecular flexibility index (Phi) is 8.53. The van der Waals surface area contributed by atoms with Gasteiger partial charge in [-0.25, -0.2) is 0 Å². The molecule has 1 saturated heterocycles. The highest BCUT2D eigenvalue weighted by atomic mass is 16.6. The summed E-state index contributed by atoms with van der Waals surface area (Å²) in [6.07, 6.45) is 7.53. The van der Waals surface area contributed by atoms with E-state index >= 15 is 0 Å². The van der Waals surface area contributed by atoms with Crippen LogP contribution in [0.25, 0.3) is 0 Å². The number of hydrogen-bond donors (Lipinski definition) is 0. The van der Waals surface area contributed by atoms with E-state index in [1.54, 1.807) is 37.3 Å². The Balaban J connectivity index is 1.69. The highest BCUT2D eigenvalue weighted by Crippen LogP contribution is 2.41. The van der Waals surface area contributed by atoms with Crippen LogP contribution in [0.5, 0.6) is 5.75 Å². The van der Waals surface area contributed by atoms with Crippen molar-refractivity contribution in [1.82, 2.24) is 9.80 Å². The monoisotopic (exact) mass is 497 g/mol. The van der Waals surface area contributed by atoms with Gasteiger partial charge in [-0.3, -0.25) is 9.59 Å². The number of methoxy groups -OCH3 is 1. The Bertz CT molecular complexity index is 984. The molecule has 0 N–H and O–H groups in total. The number of carbonyl (C=O) groups excluding carboxylic acids is 2. The minimum Gasteiger partial charge on any atom is -0.489 e. The van der Waals surface area contributed by atoms with Gasteiger partial charge in [-0.2, -0.15) is 5.26 Å². The number of amides is 2. The molecule has 2 fully saturated rings. The lowest BCUT2D eigenvalue weighted by Gasteiger charge is -2.41. The molecule has 1 aromatic carbocycles. The number of ether oxygens (including phenoxy) is 3. The van der Waals surface area contributed by atoms with Gasteiger partial charge >= 0.3 is 0 Å². The molecule has 1 spiro atoms. The van der Waals surface area contributed by atoms with Crippen LogP contribution < -0.4 is 4.74 Å². The standard InChI is InChI=1S/C28H39N3O5/c1-30-15-12-21-10-11-23(34-3)24(36-21)18-35-26-20(17-29)8-7-9-22(26)27(33)31(2)19-28(16-25(30)32)13-5-4-6-14-28/h7-9,21,23-24H,4-6,10-16,18-19H2,1-3H3/t21-,23+,24+/m1/s1. The van der Waals surface area contributed by atoms with Gasteiger partial charge in [0.05, 0.1) is 23.3 Å². The third-order valence-electron chi connectivity index (χ3n) is 8.19. The molecule has 8 heteroatoms. The molecule has 196 valence electrons. The van der Waals surface area contributed by atoms with Gasteiger partial charge in [0.25, 0.3) is 5.91 Å². The zero-order valence-electron chi connectivity index (χ0n) is 21.8. The second-order valence-electron chi connectivity index (χ2n) is 10.8. The van der Waals surface area contributed by atoms with Gasteiger partial charge in [0, 0.05) is 40.7 Å². The van der Waals surface area contributed by atoms with E-state index in [0.717, 1.165) is 51.4 Å². The fourth-order valence-electron chi connectivity index (χ4n) is 6.07. The Morgan fingerprint density at radius 1 is 1.08 bits per heavy atom. The predicted octanol–water partition coefficient (Wildman–Crippen LogP) is 3.77. The Morgan fingerprint density at radius 3 is 2.58 bits per heavy atom. The molecule has 1 saturated carbocycles. The lowest BCUT2D eigenvalue weighted by atomic mass is 9.71. The van der Waals surface area contributed by atoms with Crippen LogP contribution in [0, 0.1) is 16.7 Å². The summed E-state index contributed by atoms with van der Waals surface area (Å²) in [5.41, 5.74) is 0.442. The fourth-order valence-corrected chi connectivity index (χ4v) is 6.07. The zero-order valence-corrected chi connectivity index (χ0v) is 21.8. The molecule has 2 amide bonds. The first kappa shape index (κ1) is 26.4. The summed E-state index contributed by atoms with van der Waals surface area (Å²) in [5, 5.41) is 9.76. The smallest absolute Gasteiger partial charge is 0.257 e. The minimum atomic E-state index is -0.333. The van der Waals surface area contributed by atoms with E-state index in [9.17, 15) is 14.9 Å². The number of benzene rings is 1. The maximum Gasteiger partial charge on any atom is 0.257 e. The van der Waals surface area contributed by atoms with Gasteiger partial charge in [-0.1, -0.05) is 25.3 Å². The topological polar surface area (TPSA) is 92.1 Å². The molecule has 0 unspecified atom stereocenters. The van der Waals surface area contributed by atoms with Gasteiger partial charge in [0.1, 0.15) is 24.5 Å². The van der Waals surface area contributed by atoms with Crippen molar-refractivity contribution < 1.29 is 23.8 Å². The molecule has 2 aliphatic heterocycles. The van der Waals surface area contributed by atoms with Crippen LogP contribution in [0.2, 0.25) is 0 Å². The number of carbonyl (C=O) groups is 2. The second-order valence-corrected chi connectivity index (χ2v) is 10.8. The summed E-state index contributed by atoms with van der Waals surface area (Å²) in [6, 6.07) is 7.26. The van der Waals surface area contributed by atoms with E-state index in [2.05, 4.69) is 6.07 Å². The van der Waals surface area contributed by atoms with Crippen LogP contribution in [0.4, 0.5) is 0 Å². The van der Waals surface area contributed by atoms with Gasteiger partial charge in [-0.05, 0) is 49.7 Å². The minimum absolute atomic E-state index is 0.00440. The van der Waals surface area contributed by atoms with Crippen LogP contribution in [-0.4, -0.2) is 80.8 Å². The maximum absolute atomic E-state index is 13.7. The lowest BCUT2D eigenvalue weighted by molar-refractivity contribution is -0.146. The van der Waals surface area contributed by atoms with E-state index in [0.29, 0.717) is 30.6 Å². The Morgan fingerprint density at radius 2 is 1.86 bits per heavy atom. The highest BCUT2D eigenvalue weighted by Gasteiger charge is 2.39. The van der Waals surface area contributed by atoms with E-state index in [4.69, 9.17) is 14.2 Å². The molecule has 4 rings (SSSR count). The number of fused-ring (bicyclic) bond motifs is 3. The van der Waals surface area contributed by atoms with E-state index in [1.807, 2.05) is 11.9 Å². The lowest BCUT2D eigenvalue weighted by Crippen LogP contribution is -2.46. The first-order valence-electron chi connectivity index (χ1n) is 13.2. The molecular weight excluding hydrogens is 458 g/mol. The van der Waals surface area contributed by atoms with Crippen molar-refractivity contribution in [2.75, 3.05) is 40.9 Å². The molecule has 1 aromatic rings. The average Bonchev–Trinajstić information content (AvgIpc) is 2.89. The molecule has 3 aliphatic rings. The number of nitrogens with zero attached hydrogens (tertiary/aromatic N) is 3. The van der Waals surface area contributed by atoms with E-state index < -0.39 is 0 Å². The quantitative estimate of drug-likeness (QED) is 0.587. The summed E-state index contributed by atoms with van der Waals surface area (Å²) in [7, 11) is 5.32. The van der Waals surface area contributed by atoms with Crippen molar-refractivity contribution in [3.63, 3.8) is 0 Å². The zero-order chi connectivity index (χ0) is 25.7. The second kappa shape index (κ2) is 11.6. The molecule has 3 atom stereocenters. The summed E-state index contributed by atoms with van der Waals surface area (Å²) in [6.45, 7) is 1.30. The fraction of sp³-hybridized carbons (Fsp3) is 0.679. The van der Waals surface area contributed by atoms with Crippen LogP contribution in [0.3, 0.4) is 0 Å². The molecule has 2 bridgehead atoms. The largest absolute Gasteiger partial charge is 0.489 e. The van der Waals surface area contributed by atoms with E-state index in [1.165, 1.54) is 0 Å². The number of nitriles is 1. The van der Waals surface area contributed by atoms with Gasteiger partial charge in [0.2, 0.25) is 5.91 Å². The van der Waals surface area contributed by atoms with E-state index in [-0.39, 0.29) is 47.9 Å². The van der Waals surface area contributed by atoms with Crippen molar-refractivity contribution >= 4 is 11.8 Å². The molecule has 8 nitrogen and oxygen atoms in total. The molecule has 0 radical (unpaired) electrons. The number of hydrogen-bond acceptors (Lipinski definition) is 6. The summed E-state index contributed by atoms with van der Waals surface area (Å²) < 4.78 is 18.2. The van der Waals surface area contributed by atoms with Crippen LogP contribution in [0.1, 0.15) is 73.7 Å². The summed E-state index contributed by atoms with van der Waals surface area (Å²) in [4.78, 5) is 30.6.